The Balaban J connectivity index is 1.64. The predicted molar refractivity (Wildman–Crippen MR) is 103 cm³/mol. The van der Waals surface area contributed by atoms with E-state index in [9.17, 15) is 4.79 Å². The smallest absolute Gasteiger partial charge is 0.358 e. The second-order valence-corrected chi connectivity index (χ2v) is 7.19. The van der Waals surface area contributed by atoms with Gasteiger partial charge in [0.1, 0.15) is 0 Å². The average Bonchev–Trinajstić information content (AvgIpc) is 3.35. The van der Waals surface area contributed by atoms with Gasteiger partial charge in [-0.25, -0.2) is 9.78 Å². The number of esters is 1. The van der Waals surface area contributed by atoms with Crippen molar-refractivity contribution in [2.45, 2.75) is 20.4 Å². The lowest BCUT2D eigenvalue weighted by Crippen LogP contribution is -2.17. The van der Waals surface area contributed by atoms with Gasteiger partial charge in [-0.1, -0.05) is 35.6 Å². The first-order chi connectivity index (χ1) is 12.7. The number of thiazole rings is 1. The van der Waals surface area contributed by atoms with Gasteiger partial charge in [0.25, 0.3) is 0 Å². The number of anilines is 1. The van der Waals surface area contributed by atoms with Crippen LogP contribution in [0, 0.1) is 6.92 Å². The van der Waals surface area contributed by atoms with Gasteiger partial charge in [-0.2, -0.15) is 5.10 Å². The van der Waals surface area contributed by atoms with Crippen molar-refractivity contribution in [2.24, 2.45) is 0 Å². The fraction of sp³-hybridized carbons (Fsp3) is 0.316. The molecule has 3 heterocycles. The molecule has 1 aliphatic heterocycles. The molecular formula is C19H20N4O2S. The van der Waals surface area contributed by atoms with Crippen molar-refractivity contribution in [3.63, 3.8) is 0 Å². The fourth-order valence-electron chi connectivity index (χ4n) is 3.03. The maximum absolute atomic E-state index is 11.9. The van der Waals surface area contributed by atoms with Crippen molar-refractivity contribution in [3.05, 3.63) is 53.4 Å². The summed E-state index contributed by atoms with van der Waals surface area (Å²) in [6.07, 6.45) is 4.33. The van der Waals surface area contributed by atoms with Crippen molar-refractivity contribution < 1.29 is 9.53 Å². The molecule has 2 aromatic heterocycles. The third-order valence-electron chi connectivity index (χ3n) is 4.37. The van der Waals surface area contributed by atoms with Crippen LogP contribution >= 0.6 is 11.3 Å². The van der Waals surface area contributed by atoms with E-state index in [1.165, 1.54) is 4.70 Å². The topological polar surface area (TPSA) is 60.2 Å². The highest BCUT2D eigenvalue weighted by molar-refractivity contribution is 7.22. The van der Waals surface area contributed by atoms with Crippen LogP contribution in [0.15, 0.2) is 36.4 Å². The molecule has 0 radical (unpaired) electrons. The minimum Gasteiger partial charge on any atom is -0.461 e. The van der Waals surface area contributed by atoms with Gasteiger partial charge >= 0.3 is 5.97 Å². The summed E-state index contributed by atoms with van der Waals surface area (Å²) in [5, 5.41) is 5.46. The minimum absolute atomic E-state index is 0.344. The highest BCUT2D eigenvalue weighted by atomic mass is 32.1. The molecule has 3 aromatic rings. The van der Waals surface area contributed by atoms with Crippen LogP contribution in [0.5, 0.6) is 0 Å². The van der Waals surface area contributed by atoms with Gasteiger partial charge in [-0.15, -0.1) is 0 Å². The highest BCUT2D eigenvalue weighted by Gasteiger charge is 2.17. The molecule has 0 unspecified atom stereocenters. The van der Waals surface area contributed by atoms with Crippen molar-refractivity contribution in [1.29, 1.82) is 0 Å². The van der Waals surface area contributed by atoms with Crippen LogP contribution in [0.25, 0.3) is 10.2 Å². The van der Waals surface area contributed by atoms with Crippen LogP contribution < -0.4 is 4.90 Å². The molecule has 26 heavy (non-hydrogen) atoms. The average molecular weight is 368 g/mol. The van der Waals surface area contributed by atoms with E-state index >= 15 is 0 Å². The molecule has 0 bridgehead atoms. The van der Waals surface area contributed by atoms with E-state index in [4.69, 9.17) is 9.72 Å². The molecule has 1 aromatic carbocycles. The third-order valence-corrected chi connectivity index (χ3v) is 5.45. The number of hydrogen-bond donors (Lipinski definition) is 0. The first-order valence-electron chi connectivity index (χ1n) is 8.65. The van der Waals surface area contributed by atoms with E-state index in [0.717, 1.165) is 35.0 Å². The number of aryl methyl sites for hydroxylation is 1. The van der Waals surface area contributed by atoms with Gasteiger partial charge in [0, 0.05) is 24.3 Å². The number of rotatable bonds is 5. The number of fused-ring (bicyclic) bond motifs is 1. The SMILES string of the molecule is CCOC(=O)c1cc(C)n(Cc2cccc3sc(N4CC=CC4)nc23)n1. The zero-order chi connectivity index (χ0) is 18.1. The van der Waals surface area contributed by atoms with Crippen LogP contribution in [-0.4, -0.2) is 40.4 Å². The molecule has 6 nitrogen and oxygen atoms in total. The summed E-state index contributed by atoms with van der Waals surface area (Å²) in [5.41, 5.74) is 3.37. The first kappa shape index (κ1) is 16.8. The van der Waals surface area contributed by atoms with Gasteiger partial charge < -0.3 is 9.64 Å². The van der Waals surface area contributed by atoms with Crippen LogP contribution in [0.1, 0.15) is 28.7 Å². The predicted octanol–water partition coefficient (Wildman–Crippen LogP) is 3.40. The Morgan fingerprint density at radius 1 is 1.31 bits per heavy atom. The van der Waals surface area contributed by atoms with Gasteiger partial charge in [-0.05, 0) is 26.0 Å². The summed E-state index contributed by atoms with van der Waals surface area (Å²) in [5.74, 6) is -0.384. The maximum atomic E-state index is 11.9. The Bertz CT molecular complexity index is 981. The summed E-state index contributed by atoms with van der Waals surface area (Å²) >= 11 is 1.71. The molecule has 4 rings (SSSR count). The molecular weight excluding hydrogens is 348 g/mol. The minimum atomic E-state index is -0.384. The Morgan fingerprint density at radius 3 is 2.88 bits per heavy atom. The molecule has 0 saturated carbocycles. The van der Waals surface area contributed by atoms with E-state index in [2.05, 4.69) is 34.3 Å². The highest BCUT2D eigenvalue weighted by Crippen LogP contribution is 2.32. The van der Waals surface area contributed by atoms with Crippen LogP contribution in [0.2, 0.25) is 0 Å². The van der Waals surface area contributed by atoms with E-state index < -0.39 is 0 Å². The van der Waals surface area contributed by atoms with Gasteiger partial charge in [-0.3, -0.25) is 4.68 Å². The molecule has 7 heteroatoms. The summed E-state index contributed by atoms with van der Waals surface area (Å²) in [6.45, 7) is 6.48. The van der Waals surface area contributed by atoms with E-state index in [1.807, 2.05) is 17.7 Å². The van der Waals surface area contributed by atoms with Crippen molar-refractivity contribution in [3.8, 4) is 0 Å². The summed E-state index contributed by atoms with van der Waals surface area (Å²) in [7, 11) is 0. The quantitative estimate of drug-likeness (QED) is 0.510. The summed E-state index contributed by atoms with van der Waals surface area (Å²) in [6, 6.07) is 7.98. The zero-order valence-corrected chi connectivity index (χ0v) is 15.6. The molecule has 0 amide bonds. The van der Waals surface area contributed by atoms with Crippen LogP contribution in [-0.2, 0) is 11.3 Å². The molecule has 0 fully saturated rings. The van der Waals surface area contributed by atoms with Crippen molar-refractivity contribution in [2.75, 3.05) is 24.6 Å². The molecule has 0 atom stereocenters. The van der Waals surface area contributed by atoms with Gasteiger partial charge in [0.2, 0.25) is 0 Å². The molecule has 134 valence electrons. The van der Waals surface area contributed by atoms with Crippen LogP contribution in [0.4, 0.5) is 5.13 Å². The number of nitrogens with zero attached hydrogens (tertiary/aromatic N) is 4. The summed E-state index contributed by atoms with van der Waals surface area (Å²) < 4.78 is 8.04. The van der Waals surface area contributed by atoms with E-state index in [-0.39, 0.29) is 5.97 Å². The number of ether oxygens (including phenoxy) is 1. The van der Waals surface area contributed by atoms with Gasteiger partial charge in [0.05, 0.1) is 23.4 Å². The molecule has 0 N–H and O–H groups in total. The second kappa shape index (κ2) is 6.92. The van der Waals surface area contributed by atoms with E-state index in [1.54, 1.807) is 24.3 Å². The molecule has 0 spiro atoms. The molecule has 0 aliphatic carbocycles. The number of hydrogen-bond acceptors (Lipinski definition) is 6. The maximum Gasteiger partial charge on any atom is 0.358 e. The lowest BCUT2D eigenvalue weighted by atomic mass is 10.2. The Hall–Kier alpha value is -2.67. The van der Waals surface area contributed by atoms with E-state index in [0.29, 0.717) is 18.8 Å². The number of aromatic nitrogens is 3. The number of benzene rings is 1. The standard InChI is InChI=1S/C19H20N4O2S/c1-3-25-18(24)15-11-13(2)23(21-15)12-14-7-6-8-16-17(14)20-19(26-16)22-9-4-5-10-22/h4-8,11H,3,9-10,12H2,1-2H3. The van der Waals surface area contributed by atoms with Crippen LogP contribution in [0.3, 0.4) is 0 Å². The Morgan fingerprint density at radius 2 is 2.12 bits per heavy atom. The van der Waals surface area contributed by atoms with Gasteiger partial charge in [0.15, 0.2) is 10.8 Å². The lowest BCUT2D eigenvalue weighted by molar-refractivity contribution is 0.0518. The number of para-hydroxylation sites is 1. The number of carbonyl (C=O) groups is 1. The lowest BCUT2D eigenvalue weighted by Gasteiger charge is -2.12. The number of carbonyl (C=O) groups excluding carboxylic acids is 1. The van der Waals surface area contributed by atoms with Crippen molar-refractivity contribution >= 4 is 32.7 Å². The second-order valence-electron chi connectivity index (χ2n) is 6.19. The molecule has 0 saturated heterocycles. The summed E-state index contributed by atoms with van der Waals surface area (Å²) in [4.78, 5) is 19.0. The Kier molecular flexibility index (Phi) is 4.46. The largest absolute Gasteiger partial charge is 0.461 e. The molecule has 1 aliphatic rings. The zero-order valence-electron chi connectivity index (χ0n) is 14.8. The first-order valence-corrected chi connectivity index (χ1v) is 9.47. The van der Waals surface area contributed by atoms with Crippen molar-refractivity contribution in [1.82, 2.24) is 14.8 Å². The normalized spacial score (nSPS) is 13.7. The fourth-order valence-corrected chi connectivity index (χ4v) is 4.06. The monoisotopic (exact) mass is 368 g/mol. The third kappa shape index (κ3) is 3.10. The Labute approximate surface area is 155 Å².